The Labute approximate surface area is 111 Å². The number of nitrogens with one attached hydrogen (secondary N) is 1. The van der Waals surface area contributed by atoms with Gasteiger partial charge in [-0.05, 0) is 6.07 Å². The molecule has 2 heterocycles. The molecule has 1 aliphatic rings. The number of benzene rings is 1. The van der Waals surface area contributed by atoms with E-state index in [1.165, 1.54) is 0 Å². The lowest BCUT2D eigenvalue weighted by Gasteiger charge is -2.17. The summed E-state index contributed by atoms with van der Waals surface area (Å²) in [5.74, 6) is 0. The molecule has 2 aromatic rings. The lowest BCUT2D eigenvalue weighted by atomic mass is 10.1. The van der Waals surface area contributed by atoms with Gasteiger partial charge in [-0.3, -0.25) is 0 Å². The van der Waals surface area contributed by atoms with E-state index < -0.39 is 0 Å². The molecule has 5 heteroatoms. The first-order valence-corrected chi connectivity index (χ1v) is 6.17. The largest absolute Gasteiger partial charge is 0.361 e. The van der Waals surface area contributed by atoms with Crippen molar-refractivity contribution in [3.63, 3.8) is 0 Å². The molecule has 1 aliphatic heterocycles. The number of urea groups is 1. The normalized spacial score (nSPS) is 19.2. The van der Waals surface area contributed by atoms with E-state index in [1.807, 2.05) is 36.5 Å². The highest BCUT2D eigenvalue weighted by Gasteiger charge is 2.36. The molecule has 1 N–H and O–H groups in total. The van der Waals surface area contributed by atoms with E-state index in [0.717, 1.165) is 16.5 Å². The van der Waals surface area contributed by atoms with E-state index >= 15 is 0 Å². The Hall–Kier alpha value is -2.48. The predicted molar refractivity (Wildman–Crippen MR) is 71.4 cm³/mol. The third-order valence-corrected chi connectivity index (χ3v) is 3.67. The van der Waals surface area contributed by atoms with Crippen LogP contribution in [0.2, 0.25) is 0 Å². The number of fused-ring (bicyclic) bond motifs is 1. The van der Waals surface area contributed by atoms with E-state index in [0.29, 0.717) is 6.54 Å². The molecule has 3 rings (SSSR count). The Morgan fingerprint density at radius 3 is 3.05 bits per heavy atom. The maximum absolute atomic E-state index is 12.0. The van der Waals surface area contributed by atoms with Crippen LogP contribution in [0.25, 0.3) is 10.9 Å². The Morgan fingerprint density at radius 1 is 1.47 bits per heavy atom. The third kappa shape index (κ3) is 1.73. The van der Waals surface area contributed by atoms with Crippen molar-refractivity contribution in [2.24, 2.45) is 0 Å². The van der Waals surface area contributed by atoms with Gasteiger partial charge in [0.2, 0.25) is 0 Å². The second kappa shape index (κ2) is 4.32. The number of rotatable bonds is 2. The summed E-state index contributed by atoms with van der Waals surface area (Å²) in [5, 5.41) is 9.88. The van der Waals surface area contributed by atoms with Gasteiger partial charge in [0.25, 0.3) is 0 Å². The van der Waals surface area contributed by atoms with Crippen molar-refractivity contribution in [3.05, 3.63) is 36.0 Å². The molecule has 2 amide bonds. The van der Waals surface area contributed by atoms with E-state index in [1.54, 1.807) is 16.8 Å². The van der Waals surface area contributed by atoms with Crippen molar-refractivity contribution < 1.29 is 4.79 Å². The monoisotopic (exact) mass is 254 g/mol. The second-order valence-electron chi connectivity index (χ2n) is 4.74. The van der Waals surface area contributed by atoms with Crippen molar-refractivity contribution in [2.45, 2.75) is 6.04 Å². The van der Waals surface area contributed by atoms with Crippen LogP contribution in [0.3, 0.4) is 0 Å². The molecule has 1 unspecified atom stereocenters. The van der Waals surface area contributed by atoms with E-state index in [2.05, 4.69) is 4.98 Å². The first-order chi connectivity index (χ1) is 9.22. The summed E-state index contributed by atoms with van der Waals surface area (Å²) in [4.78, 5) is 18.5. The summed E-state index contributed by atoms with van der Waals surface area (Å²) >= 11 is 0. The maximum Gasteiger partial charge on any atom is 0.321 e. The van der Waals surface area contributed by atoms with Gasteiger partial charge < -0.3 is 14.8 Å². The van der Waals surface area contributed by atoms with Crippen molar-refractivity contribution >= 4 is 16.9 Å². The SMILES string of the molecule is CN1C(=O)N(CC#N)CC1c1c[nH]c2ccccc12. The number of hydrogen-bond donors (Lipinski definition) is 1. The van der Waals surface area contributed by atoms with E-state index in [9.17, 15) is 4.79 Å². The fraction of sp³-hybridized carbons (Fsp3) is 0.286. The minimum atomic E-state index is -0.0863. The third-order valence-electron chi connectivity index (χ3n) is 3.67. The van der Waals surface area contributed by atoms with Crippen molar-refractivity contribution in [1.82, 2.24) is 14.8 Å². The highest BCUT2D eigenvalue weighted by molar-refractivity contribution is 5.85. The lowest BCUT2D eigenvalue weighted by molar-refractivity contribution is 0.199. The number of nitriles is 1. The van der Waals surface area contributed by atoms with Crippen LogP contribution in [0.1, 0.15) is 11.6 Å². The quantitative estimate of drug-likeness (QED) is 0.834. The molecule has 1 atom stereocenters. The molecule has 0 bridgehead atoms. The average Bonchev–Trinajstić information content (AvgIpc) is 2.96. The second-order valence-corrected chi connectivity index (χ2v) is 4.74. The molecular weight excluding hydrogens is 240 g/mol. The number of aromatic nitrogens is 1. The fourth-order valence-electron chi connectivity index (χ4n) is 2.66. The number of hydrogen-bond acceptors (Lipinski definition) is 2. The highest BCUT2D eigenvalue weighted by Crippen LogP contribution is 2.32. The summed E-state index contributed by atoms with van der Waals surface area (Å²) in [5.41, 5.74) is 2.17. The van der Waals surface area contributed by atoms with Gasteiger partial charge >= 0.3 is 6.03 Å². The number of para-hydroxylation sites is 1. The minimum Gasteiger partial charge on any atom is -0.361 e. The maximum atomic E-state index is 12.0. The van der Waals surface area contributed by atoms with Gasteiger partial charge in [0.1, 0.15) is 6.54 Å². The lowest BCUT2D eigenvalue weighted by Crippen LogP contribution is -2.29. The van der Waals surface area contributed by atoms with Gasteiger partial charge in [0.15, 0.2) is 0 Å². The molecule has 1 fully saturated rings. The molecule has 0 aliphatic carbocycles. The van der Waals surface area contributed by atoms with Crippen LogP contribution in [0.5, 0.6) is 0 Å². The van der Waals surface area contributed by atoms with E-state index in [-0.39, 0.29) is 18.6 Å². The van der Waals surface area contributed by atoms with Crippen molar-refractivity contribution in [3.8, 4) is 6.07 Å². The number of carbonyl (C=O) groups is 1. The van der Waals surface area contributed by atoms with Gasteiger partial charge in [-0.15, -0.1) is 0 Å². The first kappa shape index (κ1) is 11.6. The Kier molecular flexibility index (Phi) is 2.64. The molecular formula is C14H14N4O. The van der Waals surface area contributed by atoms with Crippen LogP contribution >= 0.6 is 0 Å². The Morgan fingerprint density at radius 2 is 2.26 bits per heavy atom. The van der Waals surface area contributed by atoms with Crippen LogP contribution in [0.15, 0.2) is 30.5 Å². The molecule has 0 radical (unpaired) electrons. The topological polar surface area (TPSA) is 63.1 Å². The number of amides is 2. The van der Waals surface area contributed by atoms with E-state index in [4.69, 9.17) is 5.26 Å². The first-order valence-electron chi connectivity index (χ1n) is 6.17. The van der Waals surface area contributed by atoms with Gasteiger partial charge in [0.05, 0.1) is 12.1 Å². The average molecular weight is 254 g/mol. The molecule has 0 saturated carbocycles. The summed E-state index contributed by atoms with van der Waals surface area (Å²) in [6.45, 7) is 0.701. The van der Waals surface area contributed by atoms with Crippen LogP contribution in [-0.4, -0.2) is 41.0 Å². The summed E-state index contributed by atoms with van der Waals surface area (Å²) in [6, 6.07) is 9.98. The zero-order valence-electron chi connectivity index (χ0n) is 10.6. The van der Waals surface area contributed by atoms with Gasteiger partial charge in [-0.25, -0.2) is 4.79 Å². The molecule has 1 saturated heterocycles. The summed E-state index contributed by atoms with van der Waals surface area (Å²) < 4.78 is 0. The molecule has 0 spiro atoms. The van der Waals surface area contributed by atoms with Gasteiger partial charge in [0, 0.05) is 36.3 Å². The Bertz CT molecular complexity index is 669. The number of aromatic amines is 1. The van der Waals surface area contributed by atoms with Gasteiger partial charge in [-0.2, -0.15) is 5.26 Å². The number of likely N-dealkylation sites (N-methyl/N-ethyl adjacent to an activating group) is 1. The number of carbonyl (C=O) groups excluding carboxylic acids is 1. The zero-order valence-corrected chi connectivity index (χ0v) is 10.6. The van der Waals surface area contributed by atoms with Crippen molar-refractivity contribution in [2.75, 3.05) is 20.1 Å². The minimum absolute atomic E-state index is 0.00278. The number of H-pyrrole nitrogens is 1. The molecule has 1 aromatic heterocycles. The van der Waals surface area contributed by atoms with Crippen LogP contribution in [0, 0.1) is 11.3 Å². The molecule has 1 aromatic carbocycles. The smallest absolute Gasteiger partial charge is 0.321 e. The van der Waals surface area contributed by atoms with Crippen LogP contribution in [0.4, 0.5) is 4.79 Å². The van der Waals surface area contributed by atoms with Crippen LogP contribution < -0.4 is 0 Å². The fourth-order valence-corrected chi connectivity index (χ4v) is 2.66. The summed E-state index contributed by atoms with van der Waals surface area (Å²) in [6.07, 6.45) is 1.95. The predicted octanol–water partition coefficient (Wildman–Crippen LogP) is 2.10. The standard InChI is InChI=1S/C14H14N4O/c1-17-13(9-18(7-6-15)14(17)19)11-8-16-12-5-3-2-4-10(11)12/h2-5,8,13,16H,7,9H2,1H3. The highest BCUT2D eigenvalue weighted by atomic mass is 16.2. The Balaban J connectivity index is 1.99. The zero-order chi connectivity index (χ0) is 13.4. The van der Waals surface area contributed by atoms with Gasteiger partial charge in [-0.1, -0.05) is 18.2 Å². The molecule has 96 valence electrons. The van der Waals surface area contributed by atoms with Crippen LogP contribution in [-0.2, 0) is 0 Å². The molecule has 5 nitrogen and oxygen atoms in total. The summed E-state index contributed by atoms with van der Waals surface area (Å²) in [7, 11) is 1.78. The molecule has 19 heavy (non-hydrogen) atoms. The number of nitrogens with zero attached hydrogens (tertiary/aromatic N) is 3. The van der Waals surface area contributed by atoms with Crippen molar-refractivity contribution in [1.29, 1.82) is 5.26 Å².